The highest BCUT2D eigenvalue weighted by Gasteiger charge is 2.09. The molecule has 0 atom stereocenters. The Kier molecular flexibility index (Phi) is 4.30. The average Bonchev–Trinajstić information content (AvgIpc) is 2.85. The number of benzene rings is 1. The van der Waals surface area contributed by atoms with E-state index in [-0.39, 0.29) is 12.6 Å². The van der Waals surface area contributed by atoms with Crippen molar-refractivity contribution < 1.29 is 13.9 Å². The Morgan fingerprint density at radius 2 is 1.95 bits per heavy atom. The molecule has 0 fully saturated rings. The summed E-state index contributed by atoms with van der Waals surface area (Å²) in [6.07, 6.45) is 1.85. The lowest BCUT2D eigenvalue weighted by Crippen LogP contribution is -2.05. The molecule has 1 aromatic carbocycles. The van der Waals surface area contributed by atoms with Crippen molar-refractivity contribution in [2.75, 3.05) is 6.61 Å². The summed E-state index contributed by atoms with van der Waals surface area (Å²) in [7, 11) is 0. The van der Waals surface area contributed by atoms with E-state index in [2.05, 4.69) is 10.2 Å². The molecule has 0 aliphatic rings. The Labute approximate surface area is 117 Å². The summed E-state index contributed by atoms with van der Waals surface area (Å²) >= 11 is 0. The summed E-state index contributed by atoms with van der Waals surface area (Å²) in [5.41, 5.74) is 2.37. The van der Waals surface area contributed by atoms with E-state index in [0.29, 0.717) is 17.3 Å². The Morgan fingerprint density at radius 1 is 1.25 bits per heavy atom. The molecule has 1 heterocycles. The summed E-state index contributed by atoms with van der Waals surface area (Å²) in [4.78, 5) is 11.8. The van der Waals surface area contributed by atoms with Crippen LogP contribution in [-0.2, 0) is 4.74 Å². The third-order valence-corrected chi connectivity index (χ3v) is 2.60. The molecule has 1 aromatic heterocycles. The van der Waals surface area contributed by atoms with E-state index in [0.717, 1.165) is 11.1 Å². The van der Waals surface area contributed by atoms with E-state index >= 15 is 0 Å². The predicted molar refractivity (Wildman–Crippen MR) is 74.2 cm³/mol. The third-order valence-electron chi connectivity index (χ3n) is 2.60. The second-order valence-corrected chi connectivity index (χ2v) is 4.58. The number of nitrogens with zero attached hydrogens (tertiary/aromatic N) is 2. The largest absolute Gasteiger partial charge is 0.458 e. The van der Waals surface area contributed by atoms with E-state index in [1.165, 1.54) is 0 Å². The van der Waals surface area contributed by atoms with Crippen LogP contribution in [0.2, 0.25) is 0 Å². The van der Waals surface area contributed by atoms with Crippen molar-refractivity contribution in [2.24, 2.45) is 0 Å². The van der Waals surface area contributed by atoms with Crippen LogP contribution < -0.4 is 0 Å². The van der Waals surface area contributed by atoms with Crippen LogP contribution in [0.5, 0.6) is 0 Å². The van der Waals surface area contributed by atoms with Crippen LogP contribution in [0.3, 0.4) is 0 Å². The van der Waals surface area contributed by atoms with Crippen molar-refractivity contribution in [2.45, 2.75) is 20.8 Å². The van der Waals surface area contributed by atoms with Crippen LogP contribution >= 0.6 is 0 Å². The monoisotopic (exact) mass is 272 g/mol. The number of aryl methyl sites for hydroxylation is 1. The Hall–Kier alpha value is -2.43. The molecule has 0 bridgehead atoms. The number of allylic oxidation sites excluding steroid dienone is 1. The van der Waals surface area contributed by atoms with Crippen molar-refractivity contribution in [3.63, 3.8) is 0 Å². The van der Waals surface area contributed by atoms with Gasteiger partial charge in [-0.1, -0.05) is 5.57 Å². The van der Waals surface area contributed by atoms with Crippen molar-refractivity contribution in [3.05, 3.63) is 47.4 Å². The Morgan fingerprint density at radius 3 is 2.50 bits per heavy atom. The molecule has 104 valence electrons. The van der Waals surface area contributed by atoms with Crippen LogP contribution in [0.25, 0.3) is 11.5 Å². The van der Waals surface area contributed by atoms with Gasteiger partial charge in [-0.2, -0.15) is 0 Å². The summed E-state index contributed by atoms with van der Waals surface area (Å²) in [5.74, 6) is 0.591. The molecule has 0 radical (unpaired) electrons. The average molecular weight is 272 g/mol. The normalized spacial score (nSPS) is 10.2. The van der Waals surface area contributed by atoms with Crippen LogP contribution in [-0.4, -0.2) is 22.8 Å². The van der Waals surface area contributed by atoms with Gasteiger partial charge in [-0.05, 0) is 44.2 Å². The molecule has 20 heavy (non-hydrogen) atoms. The zero-order valence-electron chi connectivity index (χ0n) is 11.7. The number of esters is 1. The van der Waals surface area contributed by atoms with Gasteiger partial charge in [0, 0.05) is 12.5 Å². The lowest BCUT2D eigenvalue weighted by Gasteiger charge is -2.03. The van der Waals surface area contributed by atoms with E-state index in [1.807, 2.05) is 19.9 Å². The maximum atomic E-state index is 11.8. The first kappa shape index (κ1) is 14.0. The van der Waals surface area contributed by atoms with Gasteiger partial charge in [-0.25, -0.2) is 4.79 Å². The maximum absolute atomic E-state index is 11.8. The standard InChI is InChI=1S/C15H16N2O3/c1-10(2)8-9-19-15(18)13-6-4-12(5-7-13)14-17-16-11(3)20-14/h4-8H,9H2,1-3H3. The van der Waals surface area contributed by atoms with Crippen molar-refractivity contribution in [1.29, 1.82) is 0 Å². The summed E-state index contributed by atoms with van der Waals surface area (Å²) in [6, 6.07) is 6.87. The molecule has 0 spiro atoms. The van der Waals surface area contributed by atoms with Crippen molar-refractivity contribution in [1.82, 2.24) is 10.2 Å². The first-order valence-electron chi connectivity index (χ1n) is 6.27. The molecule has 0 aliphatic carbocycles. The number of aromatic nitrogens is 2. The summed E-state index contributed by atoms with van der Waals surface area (Å²) < 4.78 is 10.4. The molecular formula is C15H16N2O3. The SMILES string of the molecule is CC(C)=CCOC(=O)c1ccc(-c2nnc(C)o2)cc1. The molecule has 2 aromatic rings. The van der Waals surface area contributed by atoms with E-state index in [4.69, 9.17) is 9.15 Å². The number of hydrogen-bond donors (Lipinski definition) is 0. The Bertz CT molecular complexity index is 623. The minimum atomic E-state index is -0.351. The smallest absolute Gasteiger partial charge is 0.338 e. The quantitative estimate of drug-likeness (QED) is 0.631. The first-order chi connectivity index (χ1) is 9.56. The van der Waals surface area contributed by atoms with Gasteiger partial charge in [0.2, 0.25) is 11.8 Å². The molecule has 0 saturated heterocycles. The highest BCUT2D eigenvalue weighted by molar-refractivity contribution is 5.89. The van der Waals surface area contributed by atoms with Gasteiger partial charge in [0.15, 0.2) is 0 Å². The van der Waals surface area contributed by atoms with Gasteiger partial charge in [-0.3, -0.25) is 0 Å². The van der Waals surface area contributed by atoms with Crippen LogP contribution in [0.15, 0.2) is 40.3 Å². The number of rotatable bonds is 4. The predicted octanol–water partition coefficient (Wildman–Crippen LogP) is 3.17. The second kappa shape index (κ2) is 6.14. The van der Waals surface area contributed by atoms with E-state index in [9.17, 15) is 4.79 Å². The fourth-order valence-corrected chi connectivity index (χ4v) is 1.53. The number of hydrogen-bond acceptors (Lipinski definition) is 5. The van der Waals surface area contributed by atoms with Crippen LogP contribution in [0, 0.1) is 6.92 Å². The number of ether oxygens (including phenoxy) is 1. The summed E-state index contributed by atoms with van der Waals surface area (Å²) in [5, 5.41) is 7.68. The molecule has 5 heteroatoms. The minimum absolute atomic E-state index is 0.284. The topological polar surface area (TPSA) is 65.2 Å². The van der Waals surface area contributed by atoms with Crippen molar-refractivity contribution in [3.8, 4) is 11.5 Å². The molecule has 0 N–H and O–H groups in total. The van der Waals surface area contributed by atoms with Crippen LogP contribution in [0.1, 0.15) is 30.1 Å². The van der Waals surface area contributed by atoms with E-state index < -0.39 is 0 Å². The van der Waals surface area contributed by atoms with Crippen LogP contribution in [0.4, 0.5) is 0 Å². The fourth-order valence-electron chi connectivity index (χ4n) is 1.53. The number of carbonyl (C=O) groups excluding carboxylic acids is 1. The first-order valence-corrected chi connectivity index (χ1v) is 6.27. The maximum Gasteiger partial charge on any atom is 0.338 e. The second-order valence-electron chi connectivity index (χ2n) is 4.58. The highest BCUT2D eigenvalue weighted by atomic mass is 16.5. The molecule has 0 unspecified atom stereocenters. The van der Waals surface area contributed by atoms with Gasteiger partial charge in [0.1, 0.15) is 6.61 Å². The molecule has 0 amide bonds. The third kappa shape index (κ3) is 3.54. The fraction of sp³-hybridized carbons (Fsp3) is 0.267. The van der Waals surface area contributed by atoms with Gasteiger partial charge in [-0.15, -0.1) is 10.2 Å². The van der Waals surface area contributed by atoms with Gasteiger partial charge >= 0.3 is 5.97 Å². The number of carbonyl (C=O) groups is 1. The summed E-state index contributed by atoms with van der Waals surface area (Å²) in [6.45, 7) is 5.92. The molecule has 0 saturated carbocycles. The Balaban J connectivity index is 2.04. The van der Waals surface area contributed by atoms with Gasteiger partial charge in [0.25, 0.3) is 0 Å². The molecule has 0 aliphatic heterocycles. The zero-order valence-corrected chi connectivity index (χ0v) is 11.7. The van der Waals surface area contributed by atoms with Gasteiger partial charge in [0.05, 0.1) is 5.56 Å². The van der Waals surface area contributed by atoms with E-state index in [1.54, 1.807) is 31.2 Å². The molecule has 2 rings (SSSR count). The lowest BCUT2D eigenvalue weighted by molar-refractivity contribution is 0.0549. The molecule has 5 nitrogen and oxygen atoms in total. The van der Waals surface area contributed by atoms with Gasteiger partial charge < -0.3 is 9.15 Å². The highest BCUT2D eigenvalue weighted by Crippen LogP contribution is 2.18. The van der Waals surface area contributed by atoms with Crippen molar-refractivity contribution >= 4 is 5.97 Å². The minimum Gasteiger partial charge on any atom is -0.458 e. The zero-order chi connectivity index (χ0) is 14.5. The lowest BCUT2D eigenvalue weighted by atomic mass is 10.1. The molecular weight excluding hydrogens is 256 g/mol.